The number of amides is 1. The van der Waals surface area contributed by atoms with Crippen LogP contribution >= 0.6 is 12.4 Å². The van der Waals surface area contributed by atoms with Gasteiger partial charge in [0.2, 0.25) is 5.91 Å². The van der Waals surface area contributed by atoms with Crippen LogP contribution in [0.2, 0.25) is 0 Å². The number of halogens is 1. The molecule has 76 valence electrons. The van der Waals surface area contributed by atoms with Gasteiger partial charge in [-0.2, -0.15) is 0 Å². The van der Waals surface area contributed by atoms with E-state index < -0.39 is 0 Å². The van der Waals surface area contributed by atoms with Crippen molar-refractivity contribution < 1.29 is 4.79 Å². The van der Waals surface area contributed by atoms with Gasteiger partial charge in [0.05, 0.1) is 0 Å². The quantitative estimate of drug-likeness (QED) is 0.710. The summed E-state index contributed by atoms with van der Waals surface area (Å²) in [6, 6.07) is 0.520. The van der Waals surface area contributed by atoms with Gasteiger partial charge in [0.25, 0.3) is 0 Å². The summed E-state index contributed by atoms with van der Waals surface area (Å²) < 4.78 is 0. The minimum atomic E-state index is 0. The molecule has 1 aliphatic carbocycles. The summed E-state index contributed by atoms with van der Waals surface area (Å²) in [7, 11) is 0. The molecule has 2 aliphatic rings. The van der Waals surface area contributed by atoms with Crippen molar-refractivity contribution in [3.8, 4) is 0 Å². The fourth-order valence-electron chi connectivity index (χ4n) is 1.67. The van der Waals surface area contributed by atoms with Crippen molar-refractivity contribution in [1.82, 2.24) is 10.6 Å². The van der Waals surface area contributed by atoms with E-state index in [0.29, 0.717) is 12.0 Å². The Labute approximate surface area is 85.1 Å². The molecule has 0 aromatic heterocycles. The Morgan fingerprint density at radius 1 is 1.38 bits per heavy atom. The molecule has 2 fully saturated rings. The molecule has 0 spiro atoms. The van der Waals surface area contributed by atoms with Crippen molar-refractivity contribution in [3.63, 3.8) is 0 Å². The average molecular weight is 205 g/mol. The number of nitrogens with one attached hydrogen (secondary N) is 2. The first-order valence-corrected chi connectivity index (χ1v) is 4.84. The molecule has 0 aromatic rings. The van der Waals surface area contributed by atoms with Crippen molar-refractivity contribution in [3.05, 3.63) is 0 Å². The predicted molar refractivity (Wildman–Crippen MR) is 54.0 cm³/mol. The van der Waals surface area contributed by atoms with E-state index in [1.807, 2.05) is 0 Å². The lowest BCUT2D eigenvalue weighted by molar-refractivity contribution is -0.122. The van der Waals surface area contributed by atoms with Crippen LogP contribution in [0.4, 0.5) is 0 Å². The normalized spacial score (nSPS) is 26.6. The van der Waals surface area contributed by atoms with Gasteiger partial charge in [-0.15, -0.1) is 12.4 Å². The van der Waals surface area contributed by atoms with E-state index in [0.717, 1.165) is 25.9 Å². The number of hydrogen-bond acceptors (Lipinski definition) is 2. The van der Waals surface area contributed by atoms with E-state index >= 15 is 0 Å². The highest BCUT2D eigenvalue weighted by molar-refractivity contribution is 5.85. The highest BCUT2D eigenvalue weighted by atomic mass is 35.5. The highest BCUT2D eigenvalue weighted by Gasteiger charge is 2.25. The van der Waals surface area contributed by atoms with E-state index in [2.05, 4.69) is 10.6 Å². The Balaban J connectivity index is 0.000000845. The lowest BCUT2D eigenvalue weighted by Gasteiger charge is -2.07. The van der Waals surface area contributed by atoms with E-state index in [1.165, 1.54) is 12.8 Å². The Bertz CT molecular complexity index is 176. The molecular formula is C9H17ClN2O. The Morgan fingerprint density at radius 2 is 2.15 bits per heavy atom. The first-order valence-electron chi connectivity index (χ1n) is 4.84. The molecule has 2 rings (SSSR count). The Kier molecular flexibility index (Phi) is 4.00. The van der Waals surface area contributed by atoms with Crippen LogP contribution in [0.5, 0.6) is 0 Å². The van der Waals surface area contributed by atoms with E-state index in [4.69, 9.17) is 0 Å². The maximum Gasteiger partial charge on any atom is 0.220 e. The van der Waals surface area contributed by atoms with Crippen LogP contribution in [0.15, 0.2) is 0 Å². The molecule has 1 saturated heterocycles. The SMILES string of the molecule is Cl.O=C(C[C@@H]1CCNC1)NC1CC1. The zero-order chi connectivity index (χ0) is 8.39. The fourth-order valence-corrected chi connectivity index (χ4v) is 1.67. The molecule has 0 radical (unpaired) electrons. The van der Waals surface area contributed by atoms with Gasteiger partial charge in [0, 0.05) is 12.5 Å². The van der Waals surface area contributed by atoms with Crippen LogP contribution in [-0.2, 0) is 4.79 Å². The van der Waals surface area contributed by atoms with Crippen LogP contribution in [0.25, 0.3) is 0 Å². The van der Waals surface area contributed by atoms with Crippen LogP contribution in [-0.4, -0.2) is 25.0 Å². The van der Waals surface area contributed by atoms with Gasteiger partial charge < -0.3 is 10.6 Å². The molecule has 4 heteroatoms. The number of hydrogen-bond donors (Lipinski definition) is 2. The van der Waals surface area contributed by atoms with Crippen molar-refractivity contribution in [2.75, 3.05) is 13.1 Å². The zero-order valence-electron chi connectivity index (χ0n) is 7.71. The van der Waals surface area contributed by atoms with Crippen LogP contribution in [0, 0.1) is 5.92 Å². The van der Waals surface area contributed by atoms with Crippen LogP contribution in [0.3, 0.4) is 0 Å². The molecule has 1 heterocycles. The summed E-state index contributed by atoms with van der Waals surface area (Å²) in [6.07, 6.45) is 4.27. The first-order chi connectivity index (χ1) is 5.84. The first kappa shape index (κ1) is 10.8. The summed E-state index contributed by atoms with van der Waals surface area (Å²) in [6.45, 7) is 2.11. The van der Waals surface area contributed by atoms with Crippen molar-refractivity contribution in [2.24, 2.45) is 5.92 Å². The van der Waals surface area contributed by atoms with Gasteiger partial charge in [-0.05, 0) is 38.3 Å². The Hall–Kier alpha value is -0.280. The van der Waals surface area contributed by atoms with Gasteiger partial charge in [0.1, 0.15) is 0 Å². The summed E-state index contributed by atoms with van der Waals surface area (Å²) in [5.74, 6) is 0.843. The largest absolute Gasteiger partial charge is 0.353 e. The van der Waals surface area contributed by atoms with Gasteiger partial charge in [-0.1, -0.05) is 0 Å². The smallest absolute Gasteiger partial charge is 0.220 e. The Morgan fingerprint density at radius 3 is 2.69 bits per heavy atom. The van der Waals surface area contributed by atoms with Crippen LogP contribution in [0.1, 0.15) is 25.7 Å². The molecule has 1 atom stereocenters. The third kappa shape index (κ3) is 3.53. The highest BCUT2D eigenvalue weighted by Crippen LogP contribution is 2.19. The molecule has 1 aliphatic heterocycles. The molecule has 1 amide bonds. The van der Waals surface area contributed by atoms with Crippen LogP contribution < -0.4 is 10.6 Å². The number of carbonyl (C=O) groups excluding carboxylic acids is 1. The molecule has 0 bridgehead atoms. The molecule has 3 nitrogen and oxygen atoms in total. The minimum Gasteiger partial charge on any atom is -0.353 e. The standard InChI is InChI=1S/C9H16N2O.ClH/c12-9(11-8-1-2-8)5-7-3-4-10-6-7;/h7-8,10H,1-6H2,(H,11,12);1H/t7-;/m0./s1. The third-order valence-electron chi connectivity index (χ3n) is 2.58. The summed E-state index contributed by atoms with van der Waals surface area (Å²) >= 11 is 0. The molecule has 0 aromatic carbocycles. The van der Waals surface area contributed by atoms with E-state index in [1.54, 1.807) is 0 Å². The molecule has 0 unspecified atom stereocenters. The van der Waals surface area contributed by atoms with Gasteiger partial charge in [-0.3, -0.25) is 4.79 Å². The lowest BCUT2D eigenvalue weighted by atomic mass is 10.0. The van der Waals surface area contributed by atoms with Gasteiger partial charge >= 0.3 is 0 Å². The molecule has 1 saturated carbocycles. The molecular weight excluding hydrogens is 188 g/mol. The second-order valence-corrected chi connectivity index (χ2v) is 3.90. The topological polar surface area (TPSA) is 41.1 Å². The van der Waals surface area contributed by atoms with Crippen molar-refractivity contribution >= 4 is 18.3 Å². The summed E-state index contributed by atoms with van der Waals surface area (Å²) in [4.78, 5) is 11.3. The van der Waals surface area contributed by atoms with Crippen molar-refractivity contribution in [1.29, 1.82) is 0 Å². The van der Waals surface area contributed by atoms with E-state index in [-0.39, 0.29) is 18.3 Å². The summed E-state index contributed by atoms with van der Waals surface area (Å²) in [5, 5.41) is 6.28. The second kappa shape index (κ2) is 4.82. The van der Waals surface area contributed by atoms with Gasteiger partial charge in [-0.25, -0.2) is 0 Å². The molecule has 13 heavy (non-hydrogen) atoms. The maximum atomic E-state index is 11.3. The third-order valence-corrected chi connectivity index (χ3v) is 2.58. The number of carbonyl (C=O) groups is 1. The van der Waals surface area contributed by atoms with Gasteiger partial charge in [0.15, 0.2) is 0 Å². The average Bonchev–Trinajstić information content (AvgIpc) is 2.66. The summed E-state index contributed by atoms with van der Waals surface area (Å²) in [5.41, 5.74) is 0. The van der Waals surface area contributed by atoms with E-state index in [9.17, 15) is 4.79 Å². The fraction of sp³-hybridized carbons (Fsp3) is 0.889. The molecule has 2 N–H and O–H groups in total. The monoisotopic (exact) mass is 204 g/mol. The second-order valence-electron chi connectivity index (χ2n) is 3.90. The number of rotatable bonds is 3. The predicted octanol–water partition coefficient (Wildman–Crippen LogP) is 0.686. The maximum absolute atomic E-state index is 11.3. The lowest BCUT2D eigenvalue weighted by Crippen LogP contribution is -2.27. The minimum absolute atomic E-state index is 0. The van der Waals surface area contributed by atoms with Crippen molar-refractivity contribution in [2.45, 2.75) is 31.7 Å². The zero-order valence-corrected chi connectivity index (χ0v) is 8.53.